The van der Waals surface area contributed by atoms with Gasteiger partial charge in [-0.3, -0.25) is 9.48 Å². The largest absolute Gasteiger partial charge is 0.480 e. The number of carboxylic acid groups (broad SMARTS) is 1. The number of aryl methyl sites for hydroxylation is 3. The maximum Gasteiger partial charge on any atom is 0.320 e. The van der Waals surface area contributed by atoms with Crippen LogP contribution in [0, 0.1) is 13.8 Å². The molecule has 1 unspecified atom stereocenters. The van der Waals surface area contributed by atoms with Crippen LogP contribution >= 0.6 is 0 Å². The van der Waals surface area contributed by atoms with E-state index in [2.05, 4.69) is 10.4 Å². The van der Waals surface area contributed by atoms with Crippen LogP contribution in [0.1, 0.15) is 37.6 Å². The number of hydrogen-bond donors (Lipinski definition) is 2. The number of aromatic nitrogens is 2. The van der Waals surface area contributed by atoms with Gasteiger partial charge in [0.05, 0.1) is 5.69 Å². The van der Waals surface area contributed by atoms with E-state index in [9.17, 15) is 4.79 Å². The van der Waals surface area contributed by atoms with Crippen molar-refractivity contribution >= 4 is 5.97 Å². The first kappa shape index (κ1) is 14.7. The van der Waals surface area contributed by atoms with E-state index in [4.69, 9.17) is 5.11 Å². The van der Waals surface area contributed by atoms with Crippen LogP contribution in [0.2, 0.25) is 0 Å². The van der Waals surface area contributed by atoms with Crippen LogP contribution in [0.4, 0.5) is 0 Å². The van der Waals surface area contributed by atoms with Gasteiger partial charge >= 0.3 is 5.97 Å². The third-order valence-corrected chi connectivity index (χ3v) is 2.92. The second-order valence-electron chi connectivity index (χ2n) is 4.64. The van der Waals surface area contributed by atoms with Gasteiger partial charge in [0.15, 0.2) is 0 Å². The Kier molecular flexibility index (Phi) is 5.85. The predicted molar refractivity (Wildman–Crippen MR) is 70.7 cm³/mol. The maximum absolute atomic E-state index is 10.9. The molecule has 1 rings (SSSR count). The normalized spacial score (nSPS) is 12.6. The van der Waals surface area contributed by atoms with E-state index in [1.807, 2.05) is 31.5 Å². The minimum atomic E-state index is -0.761. The van der Waals surface area contributed by atoms with Crippen LogP contribution in [0.15, 0.2) is 6.07 Å². The van der Waals surface area contributed by atoms with Crippen molar-refractivity contribution in [2.75, 3.05) is 6.54 Å². The summed E-state index contributed by atoms with van der Waals surface area (Å²) in [5, 5.41) is 16.4. The highest BCUT2D eigenvalue weighted by Crippen LogP contribution is 2.03. The molecule has 1 heterocycles. The molecule has 0 aliphatic carbocycles. The van der Waals surface area contributed by atoms with Crippen LogP contribution < -0.4 is 5.32 Å². The molecular weight excluding hydrogens is 230 g/mol. The Morgan fingerprint density at radius 1 is 1.56 bits per heavy atom. The first-order chi connectivity index (χ1) is 8.54. The molecule has 0 radical (unpaired) electrons. The Morgan fingerprint density at radius 2 is 2.28 bits per heavy atom. The Hall–Kier alpha value is -1.36. The molecule has 1 atom stereocenters. The summed E-state index contributed by atoms with van der Waals surface area (Å²) in [6.07, 6.45) is 2.44. The molecule has 5 heteroatoms. The fraction of sp³-hybridized carbons (Fsp3) is 0.692. The van der Waals surface area contributed by atoms with Crippen LogP contribution in [0.5, 0.6) is 0 Å². The lowest BCUT2D eigenvalue weighted by molar-refractivity contribution is -0.139. The van der Waals surface area contributed by atoms with Gasteiger partial charge in [-0.1, -0.05) is 13.3 Å². The summed E-state index contributed by atoms with van der Waals surface area (Å²) in [5.41, 5.74) is 2.17. The van der Waals surface area contributed by atoms with Crippen molar-refractivity contribution in [1.29, 1.82) is 0 Å². The number of carboxylic acids is 1. The second kappa shape index (κ2) is 7.16. The van der Waals surface area contributed by atoms with Gasteiger partial charge in [-0.25, -0.2) is 0 Å². The Balaban J connectivity index is 2.29. The Morgan fingerprint density at radius 3 is 2.78 bits per heavy atom. The summed E-state index contributed by atoms with van der Waals surface area (Å²) in [5.74, 6) is -0.761. The number of carbonyl (C=O) groups is 1. The molecule has 0 aromatic carbocycles. The van der Waals surface area contributed by atoms with Crippen molar-refractivity contribution in [2.24, 2.45) is 0 Å². The molecular formula is C13H23N3O2. The molecule has 0 aliphatic rings. The summed E-state index contributed by atoms with van der Waals surface area (Å²) in [6.45, 7) is 7.53. The average Bonchev–Trinajstić information content (AvgIpc) is 2.61. The fourth-order valence-electron chi connectivity index (χ4n) is 2.01. The monoisotopic (exact) mass is 253 g/mol. The highest BCUT2D eigenvalue weighted by atomic mass is 16.4. The fourth-order valence-corrected chi connectivity index (χ4v) is 2.01. The third-order valence-electron chi connectivity index (χ3n) is 2.92. The molecule has 1 aromatic rings. The van der Waals surface area contributed by atoms with Gasteiger partial charge in [-0.2, -0.15) is 5.10 Å². The van der Waals surface area contributed by atoms with Crippen LogP contribution in [0.25, 0.3) is 0 Å². The van der Waals surface area contributed by atoms with Gasteiger partial charge in [-0.05, 0) is 39.3 Å². The molecule has 1 aromatic heterocycles. The molecule has 0 saturated heterocycles. The van der Waals surface area contributed by atoms with Gasteiger partial charge < -0.3 is 10.4 Å². The lowest BCUT2D eigenvalue weighted by atomic mass is 10.1. The summed E-state index contributed by atoms with van der Waals surface area (Å²) < 4.78 is 1.96. The Bertz CT molecular complexity index is 388. The van der Waals surface area contributed by atoms with Crippen LogP contribution in [-0.2, 0) is 11.3 Å². The molecule has 5 nitrogen and oxygen atoms in total. The van der Waals surface area contributed by atoms with E-state index in [1.165, 1.54) is 0 Å². The standard InChI is InChI=1S/C13H23N3O2/c1-4-6-12(13(17)18)14-7-5-8-16-11(3)9-10(2)15-16/h9,12,14H,4-8H2,1-3H3,(H,17,18). The SMILES string of the molecule is CCCC(NCCCn1nc(C)cc1C)C(=O)O. The van der Waals surface area contributed by atoms with E-state index in [0.29, 0.717) is 13.0 Å². The van der Waals surface area contributed by atoms with Crippen molar-refractivity contribution in [3.63, 3.8) is 0 Å². The van der Waals surface area contributed by atoms with E-state index in [1.54, 1.807) is 0 Å². The van der Waals surface area contributed by atoms with Crippen LogP contribution in [-0.4, -0.2) is 33.4 Å². The van der Waals surface area contributed by atoms with Crippen molar-refractivity contribution in [3.8, 4) is 0 Å². The van der Waals surface area contributed by atoms with Crippen molar-refractivity contribution in [3.05, 3.63) is 17.5 Å². The van der Waals surface area contributed by atoms with E-state index >= 15 is 0 Å². The third kappa shape index (κ3) is 4.49. The number of aliphatic carboxylic acids is 1. The second-order valence-corrected chi connectivity index (χ2v) is 4.64. The molecule has 0 fully saturated rings. The summed E-state index contributed by atoms with van der Waals surface area (Å²) in [6, 6.07) is 1.63. The lowest BCUT2D eigenvalue weighted by Gasteiger charge is -2.13. The van der Waals surface area contributed by atoms with Gasteiger partial charge in [0.2, 0.25) is 0 Å². The molecule has 2 N–H and O–H groups in total. The zero-order chi connectivity index (χ0) is 13.5. The summed E-state index contributed by atoms with van der Waals surface area (Å²) in [4.78, 5) is 10.9. The topological polar surface area (TPSA) is 67.2 Å². The minimum absolute atomic E-state index is 0.421. The zero-order valence-electron chi connectivity index (χ0n) is 11.4. The predicted octanol–water partition coefficient (Wildman–Crippen LogP) is 1.73. The minimum Gasteiger partial charge on any atom is -0.480 e. The van der Waals surface area contributed by atoms with Crippen molar-refractivity contribution in [1.82, 2.24) is 15.1 Å². The summed E-state index contributed by atoms with van der Waals surface area (Å²) >= 11 is 0. The first-order valence-electron chi connectivity index (χ1n) is 6.51. The van der Waals surface area contributed by atoms with E-state index in [0.717, 1.165) is 30.8 Å². The molecule has 102 valence electrons. The Labute approximate surface area is 108 Å². The smallest absolute Gasteiger partial charge is 0.320 e. The number of nitrogens with one attached hydrogen (secondary N) is 1. The molecule has 0 saturated carbocycles. The van der Waals surface area contributed by atoms with Crippen molar-refractivity contribution < 1.29 is 9.90 Å². The summed E-state index contributed by atoms with van der Waals surface area (Å²) in [7, 11) is 0. The molecule has 0 spiro atoms. The van der Waals surface area contributed by atoms with Crippen LogP contribution in [0.3, 0.4) is 0 Å². The first-order valence-corrected chi connectivity index (χ1v) is 6.51. The van der Waals surface area contributed by atoms with Gasteiger partial charge in [-0.15, -0.1) is 0 Å². The number of rotatable bonds is 8. The highest BCUT2D eigenvalue weighted by molar-refractivity contribution is 5.73. The van der Waals surface area contributed by atoms with Gasteiger partial charge in [0.1, 0.15) is 6.04 Å². The maximum atomic E-state index is 10.9. The quantitative estimate of drug-likeness (QED) is 0.692. The van der Waals surface area contributed by atoms with Gasteiger partial charge in [0.25, 0.3) is 0 Å². The highest BCUT2D eigenvalue weighted by Gasteiger charge is 2.14. The van der Waals surface area contributed by atoms with E-state index < -0.39 is 12.0 Å². The molecule has 0 amide bonds. The molecule has 18 heavy (non-hydrogen) atoms. The molecule has 0 bridgehead atoms. The number of hydrogen-bond acceptors (Lipinski definition) is 3. The van der Waals surface area contributed by atoms with E-state index in [-0.39, 0.29) is 0 Å². The number of nitrogens with zero attached hydrogens (tertiary/aromatic N) is 2. The molecule has 0 aliphatic heterocycles. The zero-order valence-corrected chi connectivity index (χ0v) is 11.4. The van der Waals surface area contributed by atoms with Gasteiger partial charge in [0, 0.05) is 12.2 Å². The lowest BCUT2D eigenvalue weighted by Crippen LogP contribution is -2.37. The van der Waals surface area contributed by atoms with Crippen molar-refractivity contribution in [2.45, 2.75) is 52.6 Å². The average molecular weight is 253 g/mol.